The minimum absolute atomic E-state index is 0.167. The highest BCUT2D eigenvalue weighted by atomic mass is 16.5. The van der Waals surface area contributed by atoms with Crippen LogP contribution >= 0.6 is 0 Å². The molecule has 1 heterocycles. The molecule has 8 nitrogen and oxygen atoms in total. The summed E-state index contributed by atoms with van der Waals surface area (Å²) in [7, 11) is 1.46. The monoisotopic (exact) mass is 348 g/mol. The average molecular weight is 348 g/mol. The van der Waals surface area contributed by atoms with E-state index in [1.807, 2.05) is 0 Å². The molecular weight excluding hydrogens is 328 g/mol. The van der Waals surface area contributed by atoms with Crippen molar-refractivity contribution in [2.24, 2.45) is 0 Å². The van der Waals surface area contributed by atoms with Gasteiger partial charge in [-0.3, -0.25) is 9.59 Å². The summed E-state index contributed by atoms with van der Waals surface area (Å²) in [5, 5.41) is 4.68. The molecular formula is C17H20N2O6. The summed E-state index contributed by atoms with van der Waals surface area (Å²) in [6.45, 7) is 0.561. The molecule has 134 valence electrons. The molecule has 0 radical (unpaired) electrons. The van der Waals surface area contributed by atoms with Crippen LogP contribution in [0.4, 0.5) is 0 Å². The van der Waals surface area contributed by atoms with Crippen molar-refractivity contribution < 1.29 is 28.6 Å². The lowest BCUT2D eigenvalue weighted by Gasteiger charge is -2.07. The largest absolute Gasteiger partial charge is 0.490 e. The molecule has 2 N–H and O–H groups in total. The van der Waals surface area contributed by atoms with Gasteiger partial charge in [-0.15, -0.1) is 0 Å². The van der Waals surface area contributed by atoms with E-state index in [1.165, 1.54) is 13.1 Å². The lowest BCUT2D eigenvalue weighted by atomic mass is 10.2. The van der Waals surface area contributed by atoms with Crippen LogP contribution in [-0.2, 0) is 19.1 Å². The van der Waals surface area contributed by atoms with E-state index in [2.05, 4.69) is 10.6 Å². The van der Waals surface area contributed by atoms with E-state index in [0.717, 1.165) is 12.0 Å². The molecule has 0 atom stereocenters. The van der Waals surface area contributed by atoms with Gasteiger partial charge in [-0.05, 0) is 23.8 Å². The van der Waals surface area contributed by atoms with Gasteiger partial charge in [0.05, 0.1) is 19.8 Å². The maximum absolute atomic E-state index is 11.6. The van der Waals surface area contributed by atoms with Crippen molar-refractivity contribution >= 4 is 23.9 Å². The second kappa shape index (κ2) is 9.31. The Hall–Kier alpha value is -3.03. The summed E-state index contributed by atoms with van der Waals surface area (Å²) in [6.07, 6.45) is 3.58. The second-order valence-electron chi connectivity index (χ2n) is 5.15. The number of fused-ring (bicyclic) bond motifs is 1. The molecule has 0 aromatic heterocycles. The molecule has 0 spiro atoms. The molecule has 25 heavy (non-hydrogen) atoms. The predicted molar refractivity (Wildman–Crippen MR) is 89.1 cm³/mol. The molecule has 2 amide bonds. The van der Waals surface area contributed by atoms with Crippen LogP contribution in [0, 0.1) is 0 Å². The number of amides is 2. The molecule has 0 saturated heterocycles. The SMILES string of the molecule is CNC(=O)CNC(=O)COC(=O)/C=C/c1ccc2c(c1)OCCCO2. The number of carbonyl (C=O) groups excluding carboxylic acids is 3. The minimum Gasteiger partial charge on any atom is -0.490 e. The Morgan fingerprint density at radius 3 is 2.68 bits per heavy atom. The van der Waals surface area contributed by atoms with Crippen molar-refractivity contribution in [1.82, 2.24) is 10.6 Å². The fourth-order valence-corrected chi connectivity index (χ4v) is 1.95. The fourth-order valence-electron chi connectivity index (χ4n) is 1.95. The number of ether oxygens (including phenoxy) is 3. The molecule has 2 rings (SSSR count). The first-order valence-corrected chi connectivity index (χ1v) is 7.80. The van der Waals surface area contributed by atoms with Gasteiger partial charge in [0.15, 0.2) is 18.1 Å². The number of hydrogen-bond donors (Lipinski definition) is 2. The van der Waals surface area contributed by atoms with Crippen molar-refractivity contribution in [2.75, 3.05) is 33.4 Å². The van der Waals surface area contributed by atoms with Gasteiger partial charge in [0.25, 0.3) is 5.91 Å². The quantitative estimate of drug-likeness (QED) is 0.565. The number of benzene rings is 1. The molecule has 1 aliphatic heterocycles. The maximum atomic E-state index is 11.6. The fraction of sp³-hybridized carbons (Fsp3) is 0.353. The Balaban J connectivity index is 1.81. The van der Waals surface area contributed by atoms with Crippen LogP contribution in [0.2, 0.25) is 0 Å². The van der Waals surface area contributed by atoms with Crippen LogP contribution in [-0.4, -0.2) is 51.2 Å². The lowest BCUT2D eigenvalue weighted by molar-refractivity contribution is -0.143. The summed E-state index contributed by atoms with van der Waals surface area (Å²) in [6, 6.07) is 5.33. The van der Waals surface area contributed by atoms with E-state index in [4.69, 9.17) is 14.2 Å². The molecule has 1 aromatic carbocycles. The van der Waals surface area contributed by atoms with E-state index in [0.29, 0.717) is 24.7 Å². The van der Waals surface area contributed by atoms with Gasteiger partial charge in [-0.1, -0.05) is 6.07 Å². The van der Waals surface area contributed by atoms with Gasteiger partial charge in [0.2, 0.25) is 5.91 Å². The van der Waals surface area contributed by atoms with Crippen molar-refractivity contribution in [2.45, 2.75) is 6.42 Å². The number of likely N-dealkylation sites (N-methyl/N-ethyl adjacent to an activating group) is 1. The first kappa shape index (κ1) is 18.3. The molecule has 1 aromatic rings. The first-order valence-electron chi connectivity index (χ1n) is 7.80. The van der Waals surface area contributed by atoms with E-state index >= 15 is 0 Å². The van der Waals surface area contributed by atoms with Gasteiger partial charge in [-0.25, -0.2) is 4.79 Å². The number of carbonyl (C=O) groups is 3. The van der Waals surface area contributed by atoms with Crippen molar-refractivity contribution in [3.05, 3.63) is 29.8 Å². The molecule has 0 aliphatic carbocycles. The van der Waals surface area contributed by atoms with Crippen LogP contribution in [0.1, 0.15) is 12.0 Å². The van der Waals surface area contributed by atoms with Crippen LogP contribution < -0.4 is 20.1 Å². The topological polar surface area (TPSA) is 103 Å². The van der Waals surface area contributed by atoms with E-state index < -0.39 is 18.5 Å². The van der Waals surface area contributed by atoms with Crippen molar-refractivity contribution in [3.8, 4) is 11.5 Å². The van der Waals surface area contributed by atoms with Crippen molar-refractivity contribution in [1.29, 1.82) is 0 Å². The van der Waals surface area contributed by atoms with Gasteiger partial charge in [0, 0.05) is 19.5 Å². The normalized spacial score (nSPS) is 13.0. The first-order chi connectivity index (χ1) is 12.1. The number of hydrogen-bond acceptors (Lipinski definition) is 6. The van der Waals surface area contributed by atoms with Crippen LogP contribution in [0.25, 0.3) is 6.08 Å². The predicted octanol–water partition coefficient (Wildman–Crippen LogP) is 0.266. The lowest BCUT2D eigenvalue weighted by Crippen LogP contribution is -2.37. The van der Waals surface area contributed by atoms with Crippen LogP contribution in [0.15, 0.2) is 24.3 Å². The zero-order valence-electron chi connectivity index (χ0n) is 13.9. The second-order valence-corrected chi connectivity index (χ2v) is 5.15. The molecule has 8 heteroatoms. The highest BCUT2D eigenvalue weighted by Crippen LogP contribution is 2.30. The summed E-state index contributed by atoms with van der Waals surface area (Å²) in [4.78, 5) is 34.0. The Kier molecular flexibility index (Phi) is 6.82. The van der Waals surface area contributed by atoms with E-state index in [-0.39, 0.29) is 12.5 Å². The molecule has 0 saturated carbocycles. The van der Waals surface area contributed by atoms with Gasteiger partial charge >= 0.3 is 5.97 Å². The summed E-state index contributed by atoms with van der Waals surface area (Å²) < 4.78 is 15.9. The van der Waals surface area contributed by atoms with E-state index in [1.54, 1.807) is 24.3 Å². The zero-order valence-corrected chi connectivity index (χ0v) is 13.9. The van der Waals surface area contributed by atoms with Crippen molar-refractivity contribution in [3.63, 3.8) is 0 Å². The van der Waals surface area contributed by atoms with Gasteiger partial charge < -0.3 is 24.8 Å². The summed E-state index contributed by atoms with van der Waals surface area (Å²) >= 11 is 0. The molecule has 0 fully saturated rings. The third kappa shape index (κ3) is 6.17. The van der Waals surface area contributed by atoms with Gasteiger partial charge in [-0.2, -0.15) is 0 Å². The average Bonchev–Trinajstić information content (AvgIpc) is 2.87. The van der Waals surface area contributed by atoms with Crippen LogP contribution in [0.3, 0.4) is 0 Å². The summed E-state index contributed by atoms with van der Waals surface area (Å²) in [5.41, 5.74) is 0.741. The Morgan fingerprint density at radius 2 is 1.92 bits per heavy atom. The highest BCUT2D eigenvalue weighted by Gasteiger charge is 2.10. The Morgan fingerprint density at radius 1 is 1.16 bits per heavy atom. The Bertz CT molecular complexity index is 671. The molecule has 0 bridgehead atoms. The summed E-state index contributed by atoms with van der Waals surface area (Å²) in [5.74, 6) is -0.260. The minimum atomic E-state index is -0.665. The third-order valence-electron chi connectivity index (χ3n) is 3.25. The number of nitrogens with one attached hydrogen (secondary N) is 2. The Labute approximate surface area is 145 Å². The van der Waals surface area contributed by atoms with Crippen LogP contribution in [0.5, 0.6) is 11.5 Å². The standard InChI is InChI=1S/C17H20N2O6/c1-18-15(20)10-19-16(21)11-25-17(22)6-4-12-3-5-13-14(9-12)24-8-2-7-23-13/h3-6,9H,2,7-8,10-11H2,1H3,(H,18,20)(H,19,21)/b6-4+. The van der Waals surface area contributed by atoms with Gasteiger partial charge in [0.1, 0.15) is 0 Å². The third-order valence-corrected chi connectivity index (χ3v) is 3.25. The molecule has 1 aliphatic rings. The maximum Gasteiger partial charge on any atom is 0.331 e. The van der Waals surface area contributed by atoms with E-state index in [9.17, 15) is 14.4 Å². The number of rotatable bonds is 6. The highest BCUT2D eigenvalue weighted by molar-refractivity contribution is 5.90. The number of esters is 1. The smallest absolute Gasteiger partial charge is 0.331 e. The molecule has 0 unspecified atom stereocenters. The zero-order chi connectivity index (χ0) is 18.1.